The van der Waals surface area contributed by atoms with Crippen LogP contribution in [0.15, 0.2) is 0 Å². The number of hydrogen-bond donors (Lipinski definition) is 2. The molecule has 1 unspecified atom stereocenters. The second-order valence-corrected chi connectivity index (χ2v) is 5.88. The molecule has 0 radical (unpaired) electrons. The summed E-state index contributed by atoms with van der Waals surface area (Å²) in [6, 6.07) is 0.427. The predicted molar refractivity (Wildman–Crippen MR) is 71.2 cm³/mol. The Kier molecular flexibility index (Phi) is 4.62. The Bertz CT molecular complexity index is 284. The largest absolute Gasteiger partial charge is 0.382 e. The van der Waals surface area contributed by atoms with Crippen molar-refractivity contribution in [3.8, 4) is 0 Å². The van der Waals surface area contributed by atoms with E-state index in [9.17, 15) is 4.79 Å². The Balaban J connectivity index is 2.05. The summed E-state index contributed by atoms with van der Waals surface area (Å²) in [5.41, 5.74) is 5.05. The zero-order chi connectivity index (χ0) is 13.0. The van der Waals surface area contributed by atoms with Crippen molar-refractivity contribution < 1.29 is 9.53 Å². The molecule has 0 aromatic rings. The van der Waals surface area contributed by atoms with Gasteiger partial charge in [-0.05, 0) is 31.6 Å². The number of rotatable bonds is 6. The number of amides is 1. The molecule has 1 amide bonds. The van der Waals surface area contributed by atoms with Gasteiger partial charge in [-0.1, -0.05) is 25.7 Å². The minimum Gasteiger partial charge on any atom is -0.382 e. The number of methoxy groups -OCH3 is 1. The molecule has 2 aliphatic carbocycles. The van der Waals surface area contributed by atoms with Crippen LogP contribution in [0.25, 0.3) is 0 Å². The van der Waals surface area contributed by atoms with Crippen LogP contribution in [0, 0.1) is 5.92 Å². The van der Waals surface area contributed by atoms with Crippen LogP contribution in [0.3, 0.4) is 0 Å². The summed E-state index contributed by atoms with van der Waals surface area (Å²) >= 11 is 0. The summed E-state index contributed by atoms with van der Waals surface area (Å²) < 4.78 is 5.28. The molecule has 2 rings (SSSR count). The first kappa shape index (κ1) is 13.8. The maximum Gasteiger partial charge on any atom is 0.240 e. The van der Waals surface area contributed by atoms with Gasteiger partial charge in [0.1, 0.15) is 5.54 Å². The number of primary amides is 1. The molecule has 104 valence electrons. The highest BCUT2D eigenvalue weighted by atomic mass is 16.5. The highest BCUT2D eigenvalue weighted by Crippen LogP contribution is 2.40. The summed E-state index contributed by atoms with van der Waals surface area (Å²) in [5, 5.41) is 3.57. The molecule has 0 bridgehead atoms. The van der Waals surface area contributed by atoms with Crippen molar-refractivity contribution in [2.45, 2.75) is 62.9 Å². The highest BCUT2D eigenvalue weighted by molar-refractivity contribution is 5.85. The molecule has 4 heteroatoms. The van der Waals surface area contributed by atoms with Crippen molar-refractivity contribution in [1.82, 2.24) is 5.32 Å². The lowest BCUT2D eigenvalue weighted by Crippen LogP contribution is -2.63. The van der Waals surface area contributed by atoms with Gasteiger partial charge in [0.05, 0.1) is 6.61 Å². The predicted octanol–water partition coefficient (Wildman–Crippen LogP) is 1.58. The minimum absolute atomic E-state index is 0.240. The van der Waals surface area contributed by atoms with E-state index < -0.39 is 5.54 Å². The van der Waals surface area contributed by atoms with Crippen LogP contribution in [0.5, 0.6) is 0 Å². The number of nitrogens with one attached hydrogen (secondary N) is 1. The zero-order valence-electron chi connectivity index (χ0n) is 11.4. The SMILES string of the molecule is COCC(NC1CCCCCC1)(C(N)=O)C1CC1. The molecule has 0 spiro atoms. The quantitative estimate of drug-likeness (QED) is 0.707. The van der Waals surface area contributed by atoms with Gasteiger partial charge in [0, 0.05) is 13.2 Å². The molecule has 18 heavy (non-hydrogen) atoms. The molecule has 0 saturated heterocycles. The van der Waals surface area contributed by atoms with Gasteiger partial charge in [-0.15, -0.1) is 0 Å². The maximum absolute atomic E-state index is 11.9. The molecule has 3 N–H and O–H groups in total. The summed E-state index contributed by atoms with van der Waals surface area (Å²) in [4.78, 5) is 11.9. The fourth-order valence-corrected chi connectivity index (χ4v) is 3.21. The van der Waals surface area contributed by atoms with E-state index in [4.69, 9.17) is 10.5 Å². The van der Waals surface area contributed by atoms with Gasteiger partial charge in [0.2, 0.25) is 5.91 Å². The zero-order valence-corrected chi connectivity index (χ0v) is 11.4. The molecule has 1 atom stereocenters. The van der Waals surface area contributed by atoms with Gasteiger partial charge < -0.3 is 10.5 Å². The topological polar surface area (TPSA) is 64.3 Å². The third-order valence-corrected chi connectivity index (χ3v) is 4.40. The number of ether oxygens (including phenoxy) is 1. The average molecular weight is 254 g/mol. The highest BCUT2D eigenvalue weighted by Gasteiger charge is 2.50. The molecule has 4 nitrogen and oxygen atoms in total. The van der Waals surface area contributed by atoms with E-state index in [1.807, 2.05) is 0 Å². The van der Waals surface area contributed by atoms with E-state index in [1.54, 1.807) is 7.11 Å². The van der Waals surface area contributed by atoms with E-state index in [0.717, 1.165) is 25.7 Å². The van der Waals surface area contributed by atoms with Crippen molar-refractivity contribution in [3.63, 3.8) is 0 Å². The number of nitrogens with two attached hydrogens (primary N) is 1. The van der Waals surface area contributed by atoms with Gasteiger partial charge >= 0.3 is 0 Å². The average Bonchev–Trinajstić information content (AvgIpc) is 3.16. The standard InChI is InChI=1S/C14H26N2O2/c1-18-10-14(13(15)17,11-8-9-11)16-12-6-4-2-3-5-7-12/h11-12,16H,2-10H2,1H3,(H2,15,17). The monoisotopic (exact) mass is 254 g/mol. The molecular weight excluding hydrogens is 228 g/mol. The Morgan fingerprint density at radius 3 is 2.28 bits per heavy atom. The first-order valence-corrected chi connectivity index (χ1v) is 7.25. The van der Waals surface area contributed by atoms with E-state index in [2.05, 4.69) is 5.32 Å². The number of hydrogen-bond acceptors (Lipinski definition) is 3. The van der Waals surface area contributed by atoms with Crippen LogP contribution >= 0.6 is 0 Å². The molecule has 2 fully saturated rings. The van der Waals surface area contributed by atoms with Gasteiger partial charge in [-0.25, -0.2) is 0 Å². The lowest BCUT2D eigenvalue weighted by atomic mass is 9.90. The van der Waals surface area contributed by atoms with Crippen molar-refractivity contribution in [1.29, 1.82) is 0 Å². The first-order chi connectivity index (χ1) is 8.69. The number of carbonyl (C=O) groups is 1. The lowest BCUT2D eigenvalue weighted by molar-refractivity contribution is -0.128. The second-order valence-electron chi connectivity index (χ2n) is 5.88. The first-order valence-electron chi connectivity index (χ1n) is 7.25. The lowest BCUT2D eigenvalue weighted by Gasteiger charge is -2.35. The number of carbonyl (C=O) groups excluding carboxylic acids is 1. The van der Waals surface area contributed by atoms with Crippen molar-refractivity contribution >= 4 is 5.91 Å². The van der Waals surface area contributed by atoms with E-state index >= 15 is 0 Å². The molecule has 2 aliphatic rings. The third kappa shape index (κ3) is 3.04. The van der Waals surface area contributed by atoms with Crippen LogP contribution < -0.4 is 11.1 Å². The van der Waals surface area contributed by atoms with Gasteiger partial charge in [-0.2, -0.15) is 0 Å². The van der Waals surface area contributed by atoms with Crippen molar-refractivity contribution in [2.75, 3.05) is 13.7 Å². The molecule has 0 aromatic carbocycles. The van der Waals surface area contributed by atoms with Crippen LogP contribution in [0.1, 0.15) is 51.4 Å². The molecule has 0 heterocycles. The molecule has 0 aromatic heterocycles. The summed E-state index contributed by atoms with van der Waals surface area (Å²) in [6.45, 7) is 0.406. The Hall–Kier alpha value is -0.610. The van der Waals surface area contributed by atoms with Gasteiger partial charge in [-0.3, -0.25) is 10.1 Å². The second kappa shape index (κ2) is 6.02. The van der Waals surface area contributed by atoms with Crippen molar-refractivity contribution in [3.05, 3.63) is 0 Å². The fraction of sp³-hybridized carbons (Fsp3) is 0.929. The van der Waals surface area contributed by atoms with E-state index in [0.29, 0.717) is 18.6 Å². The maximum atomic E-state index is 11.9. The van der Waals surface area contributed by atoms with E-state index in [-0.39, 0.29) is 5.91 Å². The minimum atomic E-state index is -0.621. The van der Waals surface area contributed by atoms with Crippen molar-refractivity contribution in [2.24, 2.45) is 11.7 Å². The molecule has 2 saturated carbocycles. The van der Waals surface area contributed by atoms with Crippen LogP contribution in [0.4, 0.5) is 0 Å². The Morgan fingerprint density at radius 1 is 1.22 bits per heavy atom. The smallest absolute Gasteiger partial charge is 0.240 e. The third-order valence-electron chi connectivity index (χ3n) is 4.40. The van der Waals surface area contributed by atoms with Crippen LogP contribution in [-0.4, -0.2) is 31.2 Å². The van der Waals surface area contributed by atoms with Crippen LogP contribution in [-0.2, 0) is 9.53 Å². The van der Waals surface area contributed by atoms with E-state index in [1.165, 1.54) is 25.7 Å². The van der Waals surface area contributed by atoms with Gasteiger partial charge in [0.25, 0.3) is 0 Å². The molecular formula is C14H26N2O2. The summed E-state index contributed by atoms with van der Waals surface area (Å²) in [6.07, 6.45) is 9.63. The molecule has 0 aliphatic heterocycles. The Labute approximate surface area is 110 Å². The summed E-state index contributed by atoms with van der Waals surface area (Å²) in [5.74, 6) is 0.134. The normalized spacial score (nSPS) is 25.4. The van der Waals surface area contributed by atoms with Crippen LogP contribution in [0.2, 0.25) is 0 Å². The Morgan fingerprint density at radius 2 is 1.83 bits per heavy atom. The summed E-state index contributed by atoms with van der Waals surface area (Å²) in [7, 11) is 1.65. The fourth-order valence-electron chi connectivity index (χ4n) is 3.21. The van der Waals surface area contributed by atoms with Gasteiger partial charge in [0.15, 0.2) is 0 Å².